The minimum Gasteiger partial charge on any atom is -0.487 e. The Morgan fingerprint density at radius 1 is 1.00 bits per heavy atom. The molecule has 0 saturated carbocycles. The Morgan fingerprint density at radius 3 is 2.38 bits per heavy atom. The molecule has 7 nitrogen and oxygen atoms in total. The molecular weight excluding hydrogens is 452 g/mol. The number of anilines is 1. The SMILES string of the molecule is Cc1c(C)c(S(=O)(=O)N2CCC(N3C(=O)OCc4ccccc43)CC2)c(C)c2c1OC(C)(C)C2. The van der Waals surface area contributed by atoms with E-state index in [-0.39, 0.29) is 24.3 Å². The Morgan fingerprint density at radius 2 is 1.68 bits per heavy atom. The third kappa shape index (κ3) is 3.58. The second kappa shape index (κ2) is 7.99. The van der Waals surface area contributed by atoms with Gasteiger partial charge in [0, 0.05) is 36.7 Å². The van der Waals surface area contributed by atoms with Crippen LogP contribution in [0.1, 0.15) is 54.5 Å². The van der Waals surface area contributed by atoms with Crippen LogP contribution in [0.3, 0.4) is 0 Å². The molecule has 1 saturated heterocycles. The molecule has 3 heterocycles. The van der Waals surface area contributed by atoms with Gasteiger partial charge in [0.05, 0.1) is 10.6 Å². The van der Waals surface area contributed by atoms with Crippen LogP contribution < -0.4 is 9.64 Å². The van der Waals surface area contributed by atoms with E-state index in [2.05, 4.69) is 0 Å². The largest absolute Gasteiger partial charge is 0.487 e. The van der Waals surface area contributed by atoms with E-state index in [1.54, 1.807) is 9.21 Å². The number of benzene rings is 2. The molecule has 1 fully saturated rings. The summed E-state index contributed by atoms with van der Waals surface area (Å²) in [5.74, 6) is 0.833. The predicted molar refractivity (Wildman–Crippen MR) is 130 cm³/mol. The molecule has 2 aromatic rings. The number of rotatable bonds is 3. The Balaban J connectivity index is 1.42. The van der Waals surface area contributed by atoms with Crippen molar-refractivity contribution in [1.82, 2.24) is 4.31 Å². The maximum atomic E-state index is 13.9. The molecule has 0 spiro atoms. The number of hydrogen-bond acceptors (Lipinski definition) is 5. The highest BCUT2D eigenvalue weighted by Crippen LogP contribution is 2.44. The monoisotopic (exact) mass is 484 g/mol. The van der Waals surface area contributed by atoms with Crippen molar-refractivity contribution in [3.8, 4) is 5.75 Å². The van der Waals surface area contributed by atoms with E-state index in [9.17, 15) is 13.2 Å². The standard InChI is InChI=1S/C26H32N2O5S/c1-16-17(2)24(18(3)21-14-26(4,5)33-23(16)21)34(30,31)27-12-10-20(11-13-27)28-22-9-7-6-8-19(22)15-32-25(28)29/h6-9,20H,10-15H2,1-5H3. The van der Waals surface area contributed by atoms with E-state index in [4.69, 9.17) is 9.47 Å². The molecule has 0 atom stereocenters. The second-order valence-corrected chi connectivity index (χ2v) is 12.1. The average molecular weight is 485 g/mol. The lowest BCUT2D eigenvalue weighted by Gasteiger charge is -2.40. The van der Waals surface area contributed by atoms with Crippen molar-refractivity contribution in [1.29, 1.82) is 0 Å². The van der Waals surface area contributed by atoms with Crippen molar-refractivity contribution >= 4 is 21.8 Å². The van der Waals surface area contributed by atoms with Gasteiger partial charge in [0.25, 0.3) is 0 Å². The van der Waals surface area contributed by atoms with E-state index in [1.165, 1.54) is 0 Å². The van der Waals surface area contributed by atoms with Crippen LogP contribution in [0.15, 0.2) is 29.2 Å². The van der Waals surface area contributed by atoms with E-state index in [0.717, 1.165) is 39.3 Å². The van der Waals surface area contributed by atoms with Gasteiger partial charge < -0.3 is 9.47 Å². The zero-order valence-corrected chi connectivity index (χ0v) is 21.3. The van der Waals surface area contributed by atoms with Crippen LogP contribution in [-0.2, 0) is 27.8 Å². The zero-order valence-electron chi connectivity index (χ0n) is 20.5. The highest BCUT2D eigenvalue weighted by molar-refractivity contribution is 7.89. The molecule has 2 aromatic carbocycles. The lowest BCUT2D eigenvalue weighted by Crippen LogP contribution is -2.50. The Labute approximate surface area is 201 Å². The molecule has 3 aliphatic heterocycles. The summed E-state index contributed by atoms with van der Waals surface area (Å²) in [6.45, 7) is 10.8. The highest BCUT2D eigenvalue weighted by Gasteiger charge is 2.40. The first-order valence-corrected chi connectivity index (χ1v) is 13.3. The molecule has 0 aromatic heterocycles. The van der Waals surface area contributed by atoms with Crippen LogP contribution in [0.2, 0.25) is 0 Å². The van der Waals surface area contributed by atoms with Crippen molar-refractivity contribution < 1.29 is 22.7 Å². The van der Waals surface area contributed by atoms with Crippen LogP contribution in [0.4, 0.5) is 10.5 Å². The fourth-order valence-electron chi connectivity index (χ4n) is 5.62. The molecule has 1 amide bonds. The molecule has 34 heavy (non-hydrogen) atoms. The minimum atomic E-state index is -3.69. The molecule has 3 aliphatic rings. The Kier molecular flexibility index (Phi) is 5.44. The number of nitrogens with zero attached hydrogens (tertiary/aromatic N) is 2. The topological polar surface area (TPSA) is 76.2 Å². The molecular formula is C26H32N2O5S. The van der Waals surface area contributed by atoms with Crippen molar-refractivity contribution in [3.63, 3.8) is 0 Å². The van der Waals surface area contributed by atoms with Crippen LogP contribution in [0.5, 0.6) is 5.75 Å². The summed E-state index contributed by atoms with van der Waals surface area (Å²) < 4.78 is 40.9. The van der Waals surface area contributed by atoms with Crippen LogP contribution >= 0.6 is 0 Å². The molecule has 0 aliphatic carbocycles. The summed E-state index contributed by atoms with van der Waals surface area (Å²) >= 11 is 0. The minimum absolute atomic E-state index is 0.0986. The van der Waals surface area contributed by atoms with E-state index in [1.807, 2.05) is 58.9 Å². The van der Waals surface area contributed by atoms with Crippen LogP contribution in [0.25, 0.3) is 0 Å². The van der Waals surface area contributed by atoms with Crippen molar-refractivity contribution in [2.24, 2.45) is 0 Å². The van der Waals surface area contributed by atoms with Gasteiger partial charge in [0.1, 0.15) is 18.0 Å². The van der Waals surface area contributed by atoms with Gasteiger partial charge in [-0.3, -0.25) is 4.90 Å². The van der Waals surface area contributed by atoms with Crippen LogP contribution in [-0.4, -0.2) is 43.5 Å². The number of hydrogen-bond donors (Lipinski definition) is 0. The van der Waals surface area contributed by atoms with Gasteiger partial charge in [-0.05, 0) is 70.2 Å². The predicted octanol–water partition coefficient (Wildman–Crippen LogP) is 4.64. The number of ether oxygens (including phenoxy) is 2. The number of piperidine rings is 1. The van der Waals surface area contributed by atoms with Crippen molar-refractivity contribution in [2.75, 3.05) is 18.0 Å². The van der Waals surface area contributed by atoms with Gasteiger partial charge in [-0.15, -0.1) is 0 Å². The normalized spacial score (nSPS) is 20.5. The molecule has 0 unspecified atom stereocenters. The van der Waals surface area contributed by atoms with E-state index < -0.39 is 10.0 Å². The maximum Gasteiger partial charge on any atom is 0.414 e. The first-order valence-electron chi connectivity index (χ1n) is 11.9. The number of sulfonamides is 1. The first-order chi connectivity index (χ1) is 16.0. The molecule has 0 radical (unpaired) electrons. The number of para-hydroxylation sites is 1. The summed E-state index contributed by atoms with van der Waals surface area (Å²) in [6, 6.07) is 7.64. The number of amides is 1. The summed E-state index contributed by atoms with van der Waals surface area (Å²) in [6.07, 6.45) is 1.45. The van der Waals surface area contributed by atoms with Crippen LogP contribution in [0, 0.1) is 20.8 Å². The molecule has 182 valence electrons. The van der Waals surface area contributed by atoms with Gasteiger partial charge in [0.2, 0.25) is 10.0 Å². The summed E-state index contributed by atoms with van der Waals surface area (Å²) in [7, 11) is -3.69. The quantitative estimate of drug-likeness (QED) is 0.635. The molecule has 0 bridgehead atoms. The molecule has 8 heteroatoms. The molecule has 5 rings (SSSR count). The van der Waals surface area contributed by atoms with E-state index >= 15 is 0 Å². The zero-order chi connectivity index (χ0) is 24.4. The average Bonchev–Trinajstić information content (AvgIpc) is 3.13. The Hall–Kier alpha value is -2.58. The van der Waals surface area contributed by atoms with Gasteiger partial charge in [-0.25, -0.2) is 13.2 Å². The fourth-order valence-corrected chi connectivity index (χ4v) is 7.62. The van der Waals surface area contributed by atoms with Gasteiger partial charge in [-0.1, -0.05) is 18.2 Å². The van der Waals surface area contributed by atoms with Gasteiger partial charge in [0.15, 0.2) is 0 Å². The Bertz CT molecular complexity index is 1280. The fraction of sp³-hybridized carbons (Fsp3) is 0.500. The lowest BCUT2D eigenvalue weighted by molar-refractivity contribution is 0.135. The van der Waals surface area contributed by atoms with Gasteiger partial charge >= 0.3 is 6.09 Å². The first kappa shape index (κ1) is 23.2. The number of carbonyl (C=O) groups excluding carboxylic acids is 1. The van der Waals surface area contributed by atoms with E-state index in [0.29, 0.717) is 37.2 Å². The summed E-state index contributed by atoms with van der Waals surface area (Å²) in [4.78, 5) is 14.7. The van der Waals surface area contributed by atoms with Gasteiger partial charge in [-0.2, -0.15) is 4.31 Å². The van der Waals surface area contributed by atoms with Crippen molar-refractivity contribution in [3.05, 3.63) is 52.1 Å². The second-order valence-electron chi connectivity index (χ2n) is 10.2. The molecule has 0 N–H and O–H groups in total. The lowest BCUT2D eigenvalue weighted by atomic mass is 9.94. The number of carbonyl (C=O) groups is 1. The maximum absolute atomic E-state index is 13.9. The third-order valence-corrected chi connectivity index (χ3v) is 9.65. The van der Waals surface area contributed by atoms with Crippen molar-refractivity contribution in [2.45, 2.75) is 77.0 Å². The summed E-state index contributed by atoms with van der Waals surface area (Å²) in [5.41, 5.74) is 4.93. The third-order valence-electron chi connectivity index (χ3n) is 7.48. The summed E-state index contributed by atoms with van der Waals surface area (Å²) in [5, 5.41) is 0. The highest BCUT2D eigenvalue weighted by atomic mass is 32.2. The smallest absolute Gasteiger partial charge is 0.414 e. The number of cyclic esters (lactones) is 1. The number of fused-ring (bicyclic) bond motifs is 2.